The van der Waals surface area contributed by atoms with E-state index in [2.05, 4.69) is 0 Å². The highest BCUT2D eigenvalue weighted by Gasteiger charge is 2.34. The molecule has 20 heavy (non-hydrogen) atoms. The van der Waals surface area contributed by atoms with Crippen molar-refractivity contribution in [1.82, 2.24) is 9.80 Å². The molecular weight excluding hydrogens is 272 g/mol. The van der Waals surface area contributed by atoms with Crippen molar-refractivity contribution < 1.29 is 9.59 Å². The van der Waals surface area contributed by atoms with Gasteiger partial charge in [0.15, 0.2) is 0 Å². The average molecular weight is 288 g/mol. The number of carbonyl (C=O) groups is 2. The van der Waals surface area contributed by atoms with Crippen molar-refractivity contribution in [3.8, 4) is 0 Å². The van der Waals surface area contributed by atoms with Crippen LogP contribution < -0.4 is 0 Å². The predicted molar refractivity (Wildman–Crippen MR) is 79.0 cm³/mol. The van der Waals surface area contributed by atoms with Gasteiger partial charge in [-0.3, -0.25) is 14.5 Å². The van der Waals surface area contributed by atoms with Gasteiger partial charge in [-0.15, -0.1) is 0 Å². The Morgan fingerprint density at radius 3 is 2.45 bits per heavy atom. The first-order chi connectivity index (χ1) is 9.75. The standard InChI is InChI=1S/C15H16N2O2S/c18-14-10-13(16-6-8-20-9-7-16)15(19)17(14)11-12-4-2-1-3-5-12/h1-5,10H,6-9,11H2. The first-order valence-electron chi connectivity index (χ1n) is 6.70. The molecule has 1 fully saturated rings. The molecule has 0 saturated carbocycles. The van der Waals surface area contributed by atoms with Gasteiger partial charge in [-0.05, 0) is 5.56 Å². The molecule has 4 nitrogen and oxygen atoms in total. The summed E-state index contributed by atoms with van der Waals surface area (Å²) in [5, 5.41) is 0. The van der Waals surface area contributed by atoms with Gasteiger partial charge in [0.1, 0.15) is 5.70 Å². The second-order valence-corrected chi connectivity index (χ2v) is 6.07. The summed E-state index contributed by atoms with van der Waals surface area (Å²) in [7, 11) is 0. The van der Waals surface area contributed by atoms with Gasteiger partial charge >= 0.3 is 0 Å². The molecule has 0 bridgehead atoms. The second-order valence-electron chi connectivity index (χ2n) is 4.84. The van der Waals surface area contributed by atoms with E-state index in [1.54, 1.807) is 0 Å². The van der Waals surface area contributed by atoms with Crippen LogP contribution in [0.4, 0.5) is 0 Å². The first kappa shape index (κ1) is 13.2. The fourth-order valence-electron chi connectivity index (χ4n) is 2.44. The van der Waals surface area contributed by atoms with E-state index in [4.69, 9.17) is 0 Å². The highest BCUT2D eigenvalue weighted by molar-refractivity contribution is 7.99. The molecule has 1 aromatic rings. The highest BCUT2D eigenvalue weighted by Crippen LogP contribution is 2.22. The van der Waals surface area contributed by atoms with Crippen LogP contribution in [0.2, 0.25) is 0 Å². The quantitative estimate of drug-likeness (QED) is 0.790. The third-order valence-electron chi connectivity index (χ3n) is 3.53. The van der Waals surface area contributed by atoms with Crippen LogP contribution in [-0.2, 0) is 16.1 Å². The van der Waals surface area contributed by atoms with Gasteiger partial charge in [0.05, 0.1) is 6.54 Å². The average Bonchev–Trinajstić information content (AvgIpc) is 2.77. The number of hydrogen-bond acceptors (Lipinski definition) is 4. The maximum atomic E-state index is 12.4. The number of amides is 2. The first-order valence-corrected chi connectivity index (χ1v) is 7.85. The summed E-state index contributed by atoms with van der Waals surface area (Å²) < 4.78 is 0. The van der Waals surface area contributed by atoms with Gasteiger partial charge in [-0.2, -0.15) is 11.8 Å². The molecule has 2 aliphatic rings. The molecule has 104 valence electrons. The van der Waals surface area contributed by atoms with E-state index in [-0.39, 0.29) is 11.8 Å². The van der Waals surface area contributed by atoms with Gasteiger partial charge in [0, 0.05) is 30.7 Å². The molecule has 2 aliphatic heterocycles. The van der Waals surface area contributed by atoms with Crippen LogP contribution in [0.3, 0.4) is 0 Å². The number of hydrogen-bond donors (Lipinski definition) is 0. The van der Waals surface area contributed by atoms with Crippen molar-refractivity contribution in [2.75, 3.05) is 24.6 Å². The van der Waals surface area contributed by atoms with Gasteiger partial charge in [0.2, 0.25) is 0 Å². The minimum absolute atomic E-state index is 0.161. The van der Waals surface area contributed by atoms with Crippen LogP contribution in [0.15, 0.2) is 42.1 Å². The van der Waals surface area contributed by atoms with Crippen molar-refractivity contribution in [2.24, 2.45) is 0 Å². The lowest BCUT2D eigenvalue weighted by atomic mass is 10.2. The topological polar surface area (TPSA) is 40.6 Å². The molecule has 0 atom stereocenters. The summed E-state index contributed by atoms with van der Waals surface area (Å²) in [5.41, 5.74) is 1.53. The molecule has 0 radical (unpaired) electrons. The smallest absolute Gasteiger partial charge is 0.277 e. The third kappa shape index (κ3) is 2.58. The van der Waals surface area contributed by atoms with Gasteiger partial charge < -0.3 is 4.90 Å². The number of thioether (sulfide) groups is 1. The van der Waals surface area contributed by atoms with E-state index >= 15 is 0 Å². The van der Waals surface area contributed by atoms with Crippen LogP contribution in [0.25, 0.3) is 0 Å². The van der Waals surface area contributed by atoms with E-state index in [1.165, 1.54) is 11.0 Å². The molecule has 1 saturated heterocycles. The lowest BCUT2D eigenvalue weighted by Crippen LogP contribution is -2.38. The molecule has 1 aromatic carbocycles. The summed E-state index contributed by atoms with van der Waals surface area (Å²) in [6.07, 6.45) is 1.49. The number of carbonyl (C=O) groups excluding carboxylic acids is 2. The molecular formula is C15H16N2O2S. The molecule has 3 rings (SSSR count). The normalized spacial score (nSPS) is 19.5. The fraction of sp³-hybridized carbons (Fsp3) is 0.333. The zero-order valence-electron chi connectivity index (χ0n) is 11.1. The van der Waals surface area contributed by atoms with Gasteiger partial charge in [-0.25, -0.2) is 0 Å². The molecule has 2 heterocycles. The van der Waals surface area contributed by atoms with Crippen LogP contribution in [0, 0.1) is 0 Å². The summed E-state index contributed by atoms with van der Waals surface area (Å²) in [6.45, 7) is 2.03. The number of nitrogens with zero attached hydrogens (tertiary/aromatic N) is 2. The molecule has 0 aromatic heterocycles. The number of benzene rings is 1. The largest absolute Gasteiger partial charge is 0.365 e. The van der Waals surface area contributed by atoms with Crippen molar-refractivity contribution >= 4 is 23.6 Å². The van der Waals surface area contributed by atoms with Crippen LogP contribution in [0.5, 0.6) is 0 Å². The van der Waals surface area contributed by atoms with E-state index < -0.39 is 0 Å². The fourth-order valence-corrected chi connectivity index (χ4v) is 3.34. The van der Waals surface area contributed by atoms with Gasteiger partial charge in [0.25, 0.3) is 11.8 Å². The Balaban J connectivity index is 1.73. The lowest BCUT2D eigenvalue weighted by Gasteiger charge is -2.28. The second kappa shape index (κ2) is 5.71. The number of rotatable bonds is 3. The summed E-state index contributed by atoms with van der Waals surface area (Å²) >= 11 is 1.88. The molecule has 0 aliphatic carbocycles. The Hall–Kier alpha value is -1.75. The maximum absolute atomic E-state index is 12.4. The van der Waals surface area contributed by atoms with E-state index in [9.17, 15) is 9.59 Å². The minimum Gasteiger partial charge on any atom is -0.365 e. The van der Waals surface area contributed by atoms with Crippen molar-refractivity contribution in [2.45, 2.75) is 6.54 Å². The molecule has 0 unspecified atom stereocenters. The number of imide groups is 1. The van der Waals surface area contributed by atoms with Crippen molar-refractivity contribution in [3.63, 3.8) is 0 Å². The van der Waals surface area contributed by atoms with Crippen LogP contribution in [-0.4, -0.2) is 46.2 Å². The Labute approximate surface area is 122 Å². The maximum Gasteiger partial charge on any atom is 0.277 e. The molecule has 5 heteroatoms. The summed E-state index contributed by atoms with van der Waals surface area (Å²) in [6, 6.07) is 9.60. The van der Waals surface area contributed by atoms with Crippen LogP contribution in [0.1, 0.15) is 5.56 Å². The Morgan fingerprint density at radius 2 is 1.75 bits per heavy atom. The molecule has 2 amide bonds. The van der Waals surface area contributed by atoms with E-state index in [0.29, 0.717) is 12.2 Å². The lowest BCUT2D eigenvalue weighted by molar-refractivity contribution is -0.138. The zero-order valence-corrected chi connectivity index (χ0v) is 11.9. The Morgan fingerprint density at radius 1 is 1.05 bits per heavy atom. The van der Waals surface area contributed by atoms with E-state index in [1.807, 2.05) is 47.0 Å². The summed E-state index contributed by atoms with van der Waals surface area (Å²) in [4.78, 5) is 27.8. The monoisotopic (exact) mass is 288 g/mol. The third-order valence-corrected chi connectivity index (χ3v) is 4.47. The van der Waals surface area contributed by atoms with E-state index in [0.717, 1.165) is 30.2 Å². The SMILES string of the molecule is O=C1C=C(N2CCSCC2)C(=O)N1Cc1ccccc1. The Bertz CT molecular complexity index is 550. The zero-order chi connectivity index (χ0) is 13.9. The molecule has 0 spiro atoms. The Kier molecular flexibility index (Phi) is 3.78. The van der Waals surface area contributed by atoms with Crippen molar-refractivity contribution in [1.29, 1.82) is 0 Å². The highest BCUT2D eigenvalue weighted by atomic mass is 32.2. The molecule has 0 N–H and O–H groups in total. The van der Waals surface area contributed by atoms with Crippen LogP contribution >= 0.6 is 11.8 Å². The predicted octanol–water partition coefficient (Wildman–Crippen LogP) is 1.49. The minimum atomic E-state index is -0.202. The van der Waals surface area contributed by atoms with Crippen molar-refractivity contribution in [3.05, 3.63) is 47.7 Å². The van der Waals surface area contributed by atoms with Gasteiger partial charge in [-0.1, -0.05) is 30.3 Å². The summed E-state index contributed by atoms with van der Waals surface area (Å²) in [5.74, 6) is 1.66.